The Hall–Kier alpha value is -2.80. The molecular weight excluding hydrogens is 388 g/mol. The summed E-state index contributed by atoms with van der Waals surface area (Å²) < 4.78 is 63.7. The first-order valence-corrected chi connectivity index (χ1v) is 9.63. The highest BCUT2D eigenvalue weighted by atomic mass is 32.2. The average molecular weight is 398 g/mol. The van der Waals surface area contributed by atoms with Crippen LogP contribution in [0.5, 0.6) is 0 Å². The van der Waals surface area contributed by atoms with Gasteiger partial charge in [-0.15, -0.1) is 0 Å². The van der Waals surface area contributed by atoms with Crippen molar-refractivity contribution < 1.29 is 35.5 Å². The van der Waals surface area contributed by atoms with Crippen molar-refractivity contribution >= 4 is 43.2 Å². The monoisotopic (exact) mass is 398 g/mol. The lowest BCUT2D eigenvalue weighted by Crippen LogP contribution is -2.25. The van der Waals surface area contributed by atoms with Crippen LogP contribution >= 0.6 is 0 Å². The van der Waals surface area contributed by atoms with Crippen LogP contribution in [0, 0.1) is 0 Å². The minimum absolute atomic E-state index is 0.313. The van der Waals surface area contributed by atoms with Crippen LogP contribution in [-0.4, -0.2) is 37.5 Å². The van der Waals surface area contributed by atoms with E-state index in [0.29, 0.717) is 0 Å². The molecule has 0 bridgehead atoms. The maximum atomic E-state index is 12.7. The molecule has 26 heavy (non-hydrogen) atoms. The second-order valence-corrected chi connectivity index (χ2v) is 8.19. The number of rotatable bonds is 2. The Labute approximate surface area is 146 Å². The Balaban J connectivity index is 2.38. The molecule has 10 nitrogen and oxygen atoms in total. The van der Waals surface area contributed by atoms with E-state index in [1.165, 1.54) is 0 Å². The van der Waals surface area contributed by atoms with Crippen LogP contribution in [0.1, 0.15) is 31.8 Å². The first-order valence-electron chi connectivity index (χ1n) is 6.75. The fourth-order valence-electron chi connectivity index (χ4n) is 2.79. The summed E-state index contributed by atoms with van der Waals surface area (Å²) in [5.74, 6) is -1.77. The zero-order valence-electron chi connectivity index (χ0n) is 12.6. The topological polar surface area (TPSA) is 195 Å². The summed E-state index contributed by atoms with van der Waals surface area (Å²) in [6.45, 7) is 0. The predicted octanol–water partition coefficient (Wildman–Crippen LogP) is 0.120. The quantitative estimate of drug-likeness (QED) is 0.340. The van der Waals surface area contributed by atoms with Crippen molar-refractivity contribution in [3.63, 3.8) is 0 Å². The van der Waals surface area contributed by atoms with Crippen LogP contribution in [0.25, 0.3) is 0 Å². The van der Waals surface area contributed by atoms with Gasteiger partial charge in [-0.1, -0.05) is 0 Å². The standard InChI is InChI=1S/C14H10N2O8S2/c15-11-7(25(19,20)21)3-1-5-9(11)14(18)6-2-4-8(26(22,23)24)12(16)10(6)13(5)17/h1-4H,15-16H2,(H,19,20,21)(H,22,23,24). The van der Waals surface area contributed by atoms with Crippen LogP contribution in [0.3, 0.4) is 0 Å². The summed E-state index contributed by atoms with van der Waals surface area (Å²) in [6.07, 6.45) is 0. The largest absolute Gasteiger partial charge is 0.397 e. The van der Waals surface area contributed by atoms with Gasteiger partial charge in [0.1, 0.15) is 9.79 Å². The smallest absolute Gasteiger partial charge is 0.296 e. The minimum Gasteiger partial charge on any atom is -0.397 e. The van der Waals surface area contributed by atoms with Crippen molar-refractivity contribution in [2.45, 2.75) is 9.79 Å². The number of nitrogens with two attached hydrogens (primary N) is 2. The van der Waals surface area contributed by atoms with Crippen LogP contribution in [0.15, 0.2) is 34.1 Å². The molecule has 136 valence electrons. The van der Waals surface area contributed by atoms with Gasteiger partial charge in [-0.3, -0.25) is 18.7 Å². The Morgan fingerprint density at radius 1 is 0.654 bits per heavy atom. The summed E-state index contributed by atoms with van der Waals surface area (Å²) in [5, 5.41) is 0. The van der Waals surface area contributed by atoms with Crippen LogP contribution in [-0.2, 0) is 20.2 Å². The van der Waals surface area contributed by atoms with E-state index in [0.717, 1.165) is 24.3 Å². The molecule has 0 spiro atoms. The molecule has 0 fully saturated rings. The molecule has 0 saturated heterocycles. The Kier molecular flexibility index (Phi) is 3.70. The third-order valence-electron chi connectivity index (χ3n) is 3.91. The van der Waals surface area contributed by atoms with Gasteiger partial charge in [-0.2, -0.15) is 16.8 Å². The summed E-state index contributed by atoms with van der Waals surface area (Å²) in [4.78, 5) is 23.9. The first-order chi connectivity index (χ1) is 11.9. The van der Waals surface area contributed by atoms with E-state index < -0.39 is 64.1 Å². The molecule has 0 aromatic heterocycles. The van der Waals surface area contributed by atoms with Gasteiger partial charge in [0.05, 0.1) is 22.5 Å². The van der Waals surface area contributed by atoms with Crippen LogP contribution < -0.4 is 11.5 Å². The molecule has 1 aliphatic carbocycles. The lowest BCUT2D eigenvalue weighted by Gasteiger charge is -2.22. The molecule has 0 unspecified atom stereocenters. The summed E-state index contributed by atoms with van der Waals surface area (Å²) in [5.41, 5.74) is 8.56. The number of benzene rings is 2. The van der Waals surface area contributed by atoms with E-state index in [-0.39, 0.29) is 11.1 Å². The number of nitrogen functional groups attached to an aromatic ring is 2. The minimum atomic E-state index is -4.75. The Morgan fingerprint density at radius 2 is 0.962 bits per heavy atom. The molecule has 0 radical (unpaired) electrons. The van der Waals surface area contributed by atoms with Crippen molar-refractivity contribution in [2.24, 2.45) is 0 Å². The van der Waals surface area contributed by atoms with E-state index in [1.54, 1.807) is 0 Å². The third kappa shape index (κ3) is 2.47. The number of anilines is 2. The summed E-state index contributed by atoms with van der Waals surface area (Å²) in [7, 11) is -9.49. The third-order valence-corrected chi connectivity index (χ3v) is 5.73. The van der Waals surface area contributed by atoms with E-state index in [2.05, 4.69) is 0 Å². The maximum absolute atomic E-state index is 12.7. The van der Waals surface area contributed by atoms with Crippen LogP contribution in [0.4, 0.5) is 11.4 Å². The summed E-state index contributed by atoms with van der Waals surface area (Å²) in [6, 6.07) is 3.58. The average Bonchev–Trinajstić information content (AvgIpc) is 2.49. The lowest BCUT2D eigenvalue weighted by atomic mass is 9.82. The van der Waals surface area contributed by atoms with Gasteiger partial charge in [-0.25, -0.2) is 0 Å². The molecule has 0 amide bonds. The number of hydrogen-bond donors (Lipinski definition) is 4. The second kappa shape index (κ2) is 5.35. The number of carbonyl (C=O) groups is 2. The number of fused-ring (bicyclic) bond motifs is 2. The zero-order valence-corrected chi connectivity index (χ0v) is 14.3. The van der Waals surface area contributed by atoms with E-state index in [4.69, 9.17) is 11.5 Å². The normalized spacial score (nSPS) is 14.1. The molecule has 2 aromatic rings. The maximum Gasteiger partial charge on any atom is 0.296 e. The van der Waals surface area contributed by atoms with Gasteiger partial charge in [0, 0.05) is 11.1 Å². The predicted molar refractivity (Wildman–Crippen MR) is 88.2 cm³/mol. The lowest BCUT2D eigenvalue weighted by molar-refractivity contribution is 0.0980. The van der Waals surface area contributed by atoms with Gasteiger partial charge in [0.25, 0.3) is 20.2 Å². The van der Waals surface area contributed by atoms with Crippen LogP contribution in [0.2, 0.25) is 0 Å². The number of carbonyl (C=O) groups excluding carboxylic acids is 2. The van der Waals surface area contributed by atoms with Crippen molar-refractivity contribution in [3.8, 4) is 0 Å². The van der Waals surface area contributed by atoms with Crippen molar-refractivity contribution in [2.75, 3.05) is 11.5 Å². The van der Waals surface area contributed by atoms with Gasteiger partial charge >= 0.3 is 0 Å². The van der Waals surface area contributed by atoms with E-state index >= 15 is 0 Å². The highest BCUT2D eigenvalue weighted by Crippen LogP contribution is 2.38. The van der Waals surface area contributed by atoms with Crippen molar-refractivity contribution in [3.05, 3.63) is 46.5 Å². The molecule has 2 aromatic carbocycles. The summed E-state index contributed by atoms with van der Waals surface area (Å²) >= 11 is 0. The fourth-order valence-corrected chi connectivity index (χ4v) is 4.03. The highest BCUT2D eigenvalue weighted by molar-refractivity contribution is 7.86. The van der Waals surface area contributed by atoms with Gasteiger partial charge in [0.2, 0.25) is 0 Å². The Morgan fingerprint density at radius 3 is 1.23 bits per heavy atom. The first kappa shape index (κ1) is 18.0. The van der Waals surface area contributed by atoms with Gasteiger partial charge in [-0.05, 0) is 24.3 Å². The molecule has 3 rings (SSSR count). The SMILES string of the molecule is Nc1c(S(=O)(=O)O)ccc2c1C(=O)c1ccc(S(=O)(=O)O)c(N)c1C2=O. The molecule has 0 atom stereocenters. The number of hydrogen-bond acceptors (Lipinski definition) is 8. The molecule has 6 N–H and O–H groups in total. The second-order valence-electron chi connectivity index (χ2n) is 5.41. The molecule has 12 heteroatoms. The van der Waals surface area contributed by atoms with E-state index in [1.807, 2.05) is 0 Å². The Bertz CT molecular complexity index is 1130. The molecule has 1 aliphatic rings. The highest BCUT2D eigenvalue weighted by Gasteiger charge is 2.36. The van der Waals surface area contributed by atoms with Crippen molar-refractivity contribution in [1.82, 2.24) is 0 Å². The van der Waals surface area contributed by atoms with Gasteiger partial charge < -0.3 is 11.5 Å². The molecular formula is C14H10N2O8S2. The molecule has 0 heterocycles. The van der Waals surface area contributed by atoms with Crippen molar-refractivity contribution in [1.29, 1.82) is 0 Å². The zero-order chi connectivity index (χ0) is 19.6. The molecule has 0 aliphatic heterocycles. The van der Waals surface area contributed by atoms with Gasteiger partial charge in [0.15, 0.2) is 11.6 Å². The molecule has 0 saturated carbocycles. The fraction of sp³-hybridized carbons (Fsp3) is 0. The number of ketones is 2. The van der Waals surface area contributed by atoms with E-state index in [9.17, 15) is 35.5 Å².